The molecular formula is C17H17ClN2O4. The zero-order valence-electron chi connectivity index (χ0n) is 12.8. The van der Waals surface area contributed by atoms with E-state index in [1.807, 2.05) is 0 Å². The summed E-state index contributed by atoms with van der Waals surface area (Å²) >= 11 is 5.71. The van der Waals surface area contributed by atoms with E-state index in [9.17, 15) is 19.8 Å². The number of aromatic hydroxyl groups is 2. The van der Waals surface area contributed by atoms with Crippen molar-refractivity contribution in [1.82, 2.24) is 10.6 Å². The summed E-state index contributed by atoms with van der Waals surface area (Å²) in [5, 5.41) is 24.7. The first-order chi connectivity index (χ1) is 11.5. The Balaban J connectivity index is 1.73. The highest BCUT2D eigenvalue weighted by atomic mass is 35.5. The molecule has 0 unspecified atom stereocenters. The minimum absolute atomic E-state index is 0.0256. The molecule has 2 aromatic rings. The third-order valence-corrected chi connectivity index (χ3v) is 3.47. The van der Waals surface area contributed by atoms with Crippen LogP contribution in [0.1, 0.15) is 27.1 Å². The highest BCUT2D eigenvalue weighted by molar-refractivity contribution is 6.30. The average molecular weight is 349 g/mol. The molecule has 0 atom stereocenters. The number of amides is 2. The number of carbonyl (C=O) groups excluding carboxylic acids is 2. The maximum atomic E-state index is 11.9. The number of benzene rings is 2. The van der Waals surface area contributed by atoms with Crippen LogP contribution in [0.15, 0.2) is 42.5 Å². The quantitative estimate of drug-likeness (QED) is 0.602. The molecule has 126 valence electrons. The summed E-state index contributed by atoms with van der Waals surface area (Å²) in [6, 6.07) is 10.3. The molecule has 0 aliphatic heterocycles. The summed E-state index contributed by atoms with van der Waals surface area (Å²) in [6.07, 6.45) is 0.518. The van der Waals surface area contributed by atoms with Crippen LogP contribution in [-0.2, 0) is 0 Å². The van der Waals surface area contributed by atoms with E-state index in [1.54, 1.807) is 12.1 Å². The number of halogens is 1. The van der Waals surface area contributed by atoms with Gasteiger partial charge in [0, 0.05) is 23.7 Å². The Morgan fingerprint density at radius 3 is 2.33 bits per heavy atom. The molecule has 2 amide bonds. The lowest BCUT2D eigenvalue weighted by molar-refractivity contribution is 0.0950. The fourth-order valence-corrected chi connectivity index (χ4v) is 2.20. The smallest absolute Gasteiger partial charge is 0.255 e. The first-order valence-corrected chi connectivity index (χ1v) is 7.69. The molecular weight excluding hydrogens is 332 g/mol. The molecule has 0 aromatic heterocycles. The summed E-state index contributed by atoms with van der Waals surface area (Å²) in [5.41, 5.74) is 0.508. The lowest BCUT2D eigenvalue weighted by Crippen LogP contribution is -2.29. The van der Waals surface area contributed by atoms with Crippen LogP contribution < -0.4 is 10.6 Å². The Morgan fingerprint density at radius 2 is 1.67 bits per heavy atom. The SMILES string of the molecule is O=C(NCCCNC(=O)c1ccc(Cl)cc1O)c1cccc(O)c1. The molecule has 0 aliphatic rings. The second-order valence-electron chi connectivity index (χ2n) is 5.08. The van der Waals surface area contributed by atoms with Crippen LogP contribution in [0.3, 0.4) is 0 Å². The summed E-state index contributed by atoms with van der Waals surface area (Å²) in [6.45, 7) is 0.697. The van der Waals surface area contributed by atoms with Gasteiger partial charge in [-0.1, -0.05) is 17.7 Å². The summed E-state index contributed by atoms with van der Waals surface area (Å²) < 4.78 is 0. The maximum Gasteiger partial charge on any atom is 0.255 e. The van der Waals surface area contributed by atoms with Crippen LogP contribution in [0.4, 0.5) is 0 Å². The van der Waals surface area contributed by atoms with Crippen molar-refractivity contribution in [3.63, 3.8) is 0 Å². The monoisotopic (exact) mass is 348 g/mol. The Hall–Kier alpha value is -2.73. The number of rotatable bonds is 6. The highest BCUT2D eigenvalue weighted by Crippen LogP contribution is 2.21. The van der Waals surface area contributed by atoms with E-state index in [1.165, 1.54) is 30.3 Å². The molecule has 0 saturated carbocycles. The minimum Gasteiger partial charge on any atom is -0.508 e. The Bertz CT molecular complexity index is 749. The van der Waals surface area contributed by atoms with Crippen molar-refractivity contribution in [2.75, 3.05) is 13.1 Å². The fraction of sp³-hybridized carbons (Fsp3) is 0.176. The van der Waals surface area contributed by atoms with Crippen molar-refractivity contribution in [2.45, 2.75) is 6.42 Å². The van der Waals surface area contributed by atoms with Crippen molar-refractivity contribution < 1.29 is 19.8 Å². The van der Waals surface area contributed by atoms with Gasteiger partial charge in [-0.15, -0.1) is 0 Å². The second-order valence-corrected chi connectivity index (χ2v) is 5.51. The third kappa shape index (κ3) is 4.89. The normalized spacial score (nSPS) is 10.2. The lowest BCUT2D eigenvalue weighted by Gasteiger charge is -2.08. The largest absolute Gasteiger partial charge is 0.508 e. The maximum absolute atomic E-state index is 11.9. The van der Waals surface area contributed by atoms with Gasteiger partial charge in [0.1, 0.15) is 11.5 Å². The van der Waals surface area contributed by atoms with Crippen LogP contribution >= 0.6 is 11.6 Å². The predicted molar refractivity (Wildman–Crippen MR) is 90.5 cm³/mol. The number of carbonyl (C=O) groups is 2. The van der Waals surface area contributed by atoms with Crippen molar-refractivity contribution in [2.24, 2.45) is 0 Å². The summed E-state index contributed by atoms with van der Waals surface area (Å²) in [7, 11) is 0. The number of phenolic OH excluding ortho intramolecular Hbond substituents is 2. The van der Waals surface area contributed by atoms with Crippen LogP contribution in [0.5, 0.6) is 11.5 Å². The van der Waals surface area contributed by atoms with Crippen molar-refractivity contribution in [3.05, 3.63) is 58.6 Å². The molecule has 0 radical (unpaired) electrons. The third-order valence-electron chi connectivity index (χ3n) is 3.24. The van der Waals surface area contributed by atoms with E-state index in [2.05, 4.69) is 10.6 Å². The molecule has 2 aromatic carbocycles. The predicted octanol–water partition coefficient (Wildman–Crippen LogP) is 2.30. The first kappa shape index (κ1) is 17.6. The van der Waals surface area contributed by atoms with Gasteiger partial charge in [-0.05, 0) is 42.8 Å². The van der Waals surface area contributed by atoms with Crippen LogP contribution in [0.2, 0.25) is 5.02 Å². The zero-order valence-corrected chi connectivity index (χ0v) is 13.5. The van der Waals surface area contributed by atoms with Crippen molar-refractivity contribution in [3.8, 4) is 11.5 Å². The van der Waals surface area contributed by atoms with E-state index in [-0.39, 0.29) is 23.0 Å². The van der Waals surface area contributed by atoms with E-state index < -0.39 is 5.91 Å². The topological polar surface area (TPSA) is 98.7 Å². The Morgan fingerprint density at radius 1 is 0.958 bits per heavy atom. The van der Waals surface area contributed by atoms with Gasteiger partial charge in [-0.3, -0.25) is 9.59 Å². The van der Waals surface area contributed by atoms with Crippen LogP contribution in [0, 0.1) is 0 Å². The molecule has 0 heterocycles. The second kappa shape index (κ2) is 8.21. The van der Waals surface area contributed by atoms with Crippen LogP contribution in [-0.4, -0.2) is 35.1 Å². The van der Waals surface area contributed by atoms with E-state index in [0.717, 1.165) is 0 Å². The van der Waals surface area contributed by atoms with Gasteiger partial charge in [0.2, 0.25) is 0 Å². The van der Waals surface area contributed by atoms with Gasteiger partial charge >= 0.3 is 0 Å². The zero-order chi connectivity index (χ0) is 17.5. The van der Waals surface area contributed by atoms with E-state index >= 15 is 0 Å². The van der Waals surface area contributed by atoms with Gasteiger partial charge < -0.3 is 20.8 Å². The molecule has 6 nitrogen and oxygen atoms in total. The lowest BCUT2D eigenvalue weighted by atomic mass is 10.2. The van der Waals surface area contributed by atoms with Gasteiger partial charge in [0.25, 0.3) is 11.8 Å². The average Bonchev–Trinajstić information content (AvgIpc) is 2.54. The van der Waals surface area contributed by atoms with E-state index in [4.69, 9.17) is 11.6 Å². The standard InChI is InChI=1S/C17H17ClN2O4/c18-12-5-6-14(15(22)10-12)17(24)20-8-2-7-19-16(23)11-3-1-4-13(21)9-11/h1,3-6,9-10,21-22H,2,7-8H2,(H,19,23)(H,20,24). The van der Waals surface area contributed by atoms with Crippen LogP contribution in [0.25, 0.3) is 0 Å². The van der Waals surface area contributed by atoms with Gasteiger partial charge in [-0.25, -0.2) is 0 Å². The van der Waals surface area contributed by atoms with Gasteiger partial charge in [0.05, 0.1) is 5.56 Å². The number of nitrogens with one attached hydrogen (secondary N) is 2. The molecule has 0 fully saturated rings. The summed E-state index contributed by atoms with van der Waals surface area (Å²) in [4.78, 5) is 23.7. The number of phenols is 2. The highest BCUT2D eigenvalue weighted by Gasteiger charge is 2.11. The molecule has 0 bridgehead atoms. The van der Waals surface area contributed by atoms with Crippen molar-refractivity contribution in [1.29, 1.82) is 0 Å². The van der Waals surface area contributed by atoms with E-state index in [0.29, 0.717) is 30.1 Å². The molecule has 24 heavy (non-hydrogen) atoms. The molecule has 7 heteroatoms. The minimum atomic E-state index is -0.413. The molecule has 4 N–H and O–H groups in total. The Kier molecular flexibility index (Phi) is 6.03. The van der Waals surface area contributed by atoms with Gasteiger partial charge in [-0.2, -0.15) is 0 Å². The first-order valence-electron chi connectivity index (χ1n) is 7.31. The molecule has 0 aliphatic carbocycles. The van der Waals surface area contributed by atoms with Gasteiger partial charge in [0.15, 0.2) is 0 Å². The summed E-state index contributed by atoms with van der Waals surface area (Å²) in [5.74, 6) is -0.870. The number of hydrogen-bond donors (Lipinski definition) is 4. The van der Waals surface area contributed by atoms with Crippen molar-refractivity contribution >= 4 is 23.4 Å². The molecule has 0 saturated heterocycles. The Labute approximate surface area is 144 Å². The molecule has 2 rings (SSSR count). The fourth-order valence-electron chi connectivity index (χ4n) is 2.03. The number of hydrogen-bond acceptors (Lipinski definition) is 4. The molecule has 0 spiro atoms.